The van der Waals surface area contributed by atoms with Crippen LogP contribution in [0.3, 0.4) is 0 Å². The highest BCUT2D eigenvalue weighted by atomic mass is 35.5. The predicted molar refractivity (Wildman–Crippen MR) is 89.7 cm³/mol. The first-order valence-corrected chi connectivity index (χ1v) is 8.81. The number of halogens is 1. The van der Waals surface area contributed by atoms with Crippen molar-refractivity contribution in [2.24, 2.45) is 0 Å². The van der Waals surface area contributed by atoms with Crippen molar-refractivity contribution in [1.82, 2.24) is 10.0 Å². The molecular weight excluding hydrogens is 336 g/mol. The first-order valence-electron chi connectivity index (χ1n) is 6.95. The summed E-state index contributed by atoms with van der Waals surface area (Å²) >= 11 is 5.99. The quantitative estimate of drug-likeness (QED) is 0.837. The Morgan fingerprint density at radius 2 is 1.74 bits per heavy atom. The number of aryl methyl sites for hydroxylation is 1. The molecule has 2 rings (SSSR count). The van der Waals surface area contributed by atoms with E-state index in [4.69, 9.17) is 11.6 Å². The highest BCUT2D eigenvalue weighted by molar-refractivity contribution is 7.89. The van der Waals surface area contributed by atoms with Crippen LogP contribution < -0.4 is 10.0 Å². The van der Waals surface area contributed by atoms with Crippen molar-refractivity contribution in [3.8, 4) is 0 Å². The van der Waals surface area contributed by atoms with Gasteiger partial charge in [-0.15, -0.1) is 0 Å². The number of carbonyl (C=O) groups is 1. The average molecular weight is 353 g/mol. The van der Waals surface area contributed by atoms with Gasteiger partial charge in [-0.3, -0.25) is 4.79 Å². The second-order valence-electron chi connectivity index (χ2n) is 5.01. The van der Waals surface area contributed by atoms with E-state index in [0.29, 0.717) is 5.02 Å². The third kappa shape index (κ3) is 5.06. The Kier molecular flexibility index (Phi) is 5.76. The molecule has 0 aliphatic rings. The van der Waals surface area contributed by atoms with E-state index in [9.17, 15) is 13.2 Å². The Balaban J connectivity index is 1.89. The second-order valence-corrected chi connectivity index (χ2v) is 7.18. The zero-order valence-corrected chi connectivity index (χ0v) is 14.1. The number of sulfonamides is 1. The van der Waals surface area contributed by atoms with E-state index in [1.807, 2.05) is 13.0 Å². The lowest BCUT2D eigenvalue weighted by Crippen LogP contribution is -2.36. The number of benzene rings is 2. The average Bonchev–Trinajstić information content (AvgIpc) is 2.53. The van der Waals surface area contributed by atoms with Gasteiger partial charge >= 0.3 is 0 Å². The summed E-state index contributed by atoms with van der Waals surface area (Å²) < 4.78 is 26.4. The minimum atomic E-state index is -3.70. The molecule has 0 heterocycles. The summed E-state index contributed by atoms with van der Waals surface area (Å²) in [4.78, 5) is 11.9. The van der Waals surface area contributed by atoms with Crippen molar-refractivity contribution in [1.29, 1.82) is 0 Å². The van der Waals surface area contributed by atoms with Gasteiger partial charge < -0.3 is 5.32 Å². The monoisotopic (exact) mass is 352 g/mol. The van der Waals surface area contributed by atoms with Crippen LogP contribution in [0.5, 0.6) is 0 Å². The largest absolute Gasteiger partial charge is 0.351 e. The maximum absolute atomic E-state index is 12.1. The first-order chi connectivity index (χ1) is 10.9. The van der Waals surface area contributed by atoms with E-state index < -0.39 is 15.9 Å². The second kappa shape index (κ2) is 7.59. The van der Waals surface area contributed by atoms with Gasteiger partial charge in [0.15, 0.2) is 0 Å². The van der Waals surface area contributed by atoms with E-state index in [-0.39, 0.29) is 18.0 Å². The van der Waals surface area contributed by atoms with Crippen molar-refractivity contribution in [3.63, 3.8) is 0 Å². The van der Waals surface area contributed by atoms with E-state index in [2.05, 4.69) is 10.0 Å². The van der Waals surface area contributed by atoms with Crippen LogP contribution >= 0.6 is 11.6 Å². The lowest BCUT2D eigenvalue weighted by molar-refractivity contribution is -0.120. The first kappa shape index (κ1) is 17.5. The van der Waals surface area contributed by atoms with Crippen molar-refractivity contribution < 1.29 is 13.2 Å². The Labute approximate surface area is 140 Å². The van der Waals surface area contributed by atoms with Gasteiger partial charge in [0.25, 0.3) is 0 Å². The van der Waals surface area contributed by atoms with Crippen molar-refractivity contribution in [2.75, 3.05) is 6.54 Å². The number of carbonyl (C=O) groups excluding carboxylic acids is 1. The number of hydrogen-bond acceptors (Lipinski definition) is 3. The zero-order chi connectivity index (χ0) is 16.9. The van der Waals surface area contributed by atoms with Crippen molar-refractivity contribution >= 4 is 27.5 Å². The molecule has 122 valence electrons. The van der Waals surface area contributed by atoms with Crippen LogP contribution in [0.25, 0.3) is 0 Å². The molecule has 0 saturated carbocycles. The summed E-state index contributed by atoms with van der Waals surface area (Å²) in [6.45, 7) is 1.78. The molecule has 0 bridgehead atoms. The fourth-order valence-electron chi connectivity index (χ4n) is 1.86. The molecule has 0 aromatic heterocycles. The SMILES string of the molecule is Cc1ccc(S(=O)(=O)NCC(=O)NCc2ccccc2Cl)cc1. The fraction of sp³-hybridized carbons (Fsp3) is 0.188. The number of amides is 1. The van der Waals surface area contributed by atoms with Crippen LogP contribution in [0.15, 0.2) is 53.4 Å². The van der Waals surface area contributed by atoms with Gasteiger partial charge in [0.05, 0.1) is 11.4 Å². The summed E-state index contributed by atoms with van der Waals surface area (Å²) in [6.07, 6.45) is 0. The molecule has 0 aliphatic carbocycles. The standard InChI is InChI=1S/C16H17ClN2O3S/c1-12-6-8-14(9-7-12)23(21,22)19-11-16(20)18-10-13-4-2-3-5-15(13)17/h2-9,19H,10-11H2,1H3,(H,18,20). The fourth-order valence-corrected chi connectivity index (χ4v) is 3.04. The number of hydrogen-bond donors (Lipinski definition) is 2. The molecule has 0 radical (unpaired) electrons. The summed E-state index contributed by atoms with van der Waals surface area (Å²) in [7, 11) is -3.70. The van der Waals surface area contributed by atoms with Crippen LogP contribution in [0.2, 0.25) is 5.02 Å². The third-order valence-corrected chi connectivity index (χ3v) is 4.97. The highest BCUT2D eigenvalue weighted by Gasteiger charge is 2.15. The van der Waals surface area contributed by atoms with Gasteiger partial charge in [0.2, 0.25) is 15.9 Å². The predicted octanol–water partition coefficient (Wildman–Crippen LogP) is 2.24. The van der Waals surface area contributed by atoms with Crippen LogP contribution in [0, 0.1) is 6.92 Å². The number of nitrogens with one attached hydrogen (secondary N) is 2. The maximum Gasteiger partial charge on any atom is 0.241 e. The van der Waals surface area contributed by atoms with Gasteiger partial charge in [-0.1, -0.05) is 47.5 Å². The van der Waals surface area contributed by atoms with Gasteiger partial charge in [0.1, 0.15) is 0 Å². The van der Waals surface area contributed by atoms with E-state index in [1.54, 1.807) is 30.3 Å². The Morgan fingerprint density at radius 3 is 2.39 bits per heavy atom. The smallest absolute Gasteiger partial charge is 0.241 e. The minimum Gasteiger partial charge on any atom is -0.351 e. The van der Waals surface area contributed by atoms with Gasteiger partial charge in [0, 0.05) is 11.6 Å². The summed E-state index contributed by atoms with van der Waals surface area (Å²) in [5.41, 5.74) is 1.73. The van der Waals surface area contributed by atoms with Gasteiger partial charge in [-0.2, -0.15) is 0 Å². The molecule has 23 heavy (non-hydrogen) atoms. The minimum absolute atomic E-state index is 0.127. The van der Waals surface area contributed by atoms with Gasteiger partial charge in [-0.25, -0.2) is 13.1 Å². The van der Waals surface area contributed by atoms with Crippen molar-refractivity contribution in [3.05, 3.63) is 64.7 Å². The highest BCUT2D eigenvalue weighted by Crippen LogP contribution is 2.14. The lowest BCUT2D eigenvalue weighted by atomic mass is 10.2. The number of rotatable bonds is 6. The zero-order valence-electron chi connectivity index (χ0n) is 12.5. The molecule has 0 saturated heterocycles. The molecular formula is C16H17ClN2O3S. The maximum atomic E-state index is 12.1. The molecule has 2 aromatic carbocycles. The molecule has 0 unspecified atom stereocenters. The summed E-state index contributed by atoms with van der Waals surface area (Å²) in [5, 5.41) is 3.17. The molecule has 0 aliphatic heterocycles. The van der Waals surface area contributed by atoms with Crippen LogP contribution in [0.1, 0.15) is 11.1 Å². The molecule has 5 nitrogen and oxygen atoms in total. The summed E-state index contributed by atoms with van der Waals surface area (Å²) in [6, 6.07) is 13.5. The lowest BCUT2D eigenvalue weighted by Gasteiger charge is -2.09. The summed E-state index contributed by atoms with van der Waals surface area (Å²) in [5.74, 6) is -0.430. The van der Waals surface area contributed by atoms with E-state index >= 15 is 0 Å². The normalized spacial score (nSPS) is 11.2. The van der Waals surface area contributed by atoms with Crippen LogP contribution in [-0.2, 0) is 21.4 Å². The third-order valence-electron chi connectivity index (χ3n) is 3.19. The van der Waals surface area contributed by atoms with Crippen LogP contribution in [0.4, 0.5) is 0 Å². The molecule has 0 fully saturated rings. The molecule has 2 N–H and O–H groups in total. The Bertz CT molecular complexity index is 789. The molecule has 0 atom stereocenters. The van der Waals surface area contributed by atoms with E-state index in [0.717, 1.165) is 11.1 Å². The molecule has 0 spiro atoms. The molecule has 1 amide bonds. The Morgan fingerprint density at radius 1 is 1.09 bits per heavy atom. The molecule has 2 aromatic rings. The molecule has 7 heteroatoms. The van der Waals surface area contributed by atoms with Crippen LogP contribution in [-0.4, -0.2) is 20.9 Å². The van der Waals surface area contributed by atoms with E-state index in [1.165, 1.54) is 12.1 Å². The Hall–Kier alpha value is -1.89. The topological polar surface area (TPSA) is 75.3 Å². The van der Waals surface area contributed by atoms with Crippen molar-refractivity contribution in [2.45, 2.75) is 18.4 Å². The van der Waals surface area contributed by atoms with Gasteiger partial charge in [-0.05, 0) is 30.7 Å².